The molecule has 0 atom stereocenters. The number of aryl methyl sites for hydroxylation is 1. The first kappa shape index (κ1) is 5.61. The molecule has 0 amide bonds. The van der Waals surface area contributed by atoms with E-state index in [0.29, 0.717) is 0 Å². The van der Waals surface area contributed by atoms with Crippen LogP contribution in [-0.2, 0) is 0 Å². The van der Waals surface area contributed by atoms with Crippen LogP contribution in [0.25, 0.3) is 0 Å². The van der Waals surface area contributed by atoms with Gasteiger partial charge < -0.3 is 0 Å². The first-order valence-corrected chi connectivity index (χ1v) is 2.61. The van der Waals surface area contributed by atoms with Crippen LogP contribution < -0.4 is 5.46 Å². The molecule has 0 aliphatic heterocycles. The predicted octanol–water partition coefficient (Wildman–Crippen LogP) is 0.127. The zero-order valence-corrected chi connectivity index (χ0v) is 4.89. The van der Waals surface area contributed by atoms with Gasteiger partial charge in [-0.1, -0.05) is 0 Å². The molecular weight excluding hydrogens is 93.7 g/mol. The van der Waals surface area contributed by atoms with Crippen molar-refractivity contribution in [3.63, 3.8) is 0 Å². The average molecular weight is 99.7 g/mol. The molecule has 1 aromatic heterocycles. The standard InChI is InChI=1S/C6H6B2/c1-5-2-3-6(7)4-8-5/h2-4H,1H3. The van der Waals surface area contributed by atoms with Gasteiger partial charge in [0.25, 0.3) is 0 Å². The van der Waals surface area contributed by atoms with Crippen LogP contribution in [0.4, 0.5) is 0 Å². The zero-order valence-electron chi connectivity index (χ0n) is 4.89. The molecule has 1 rings (SSSR count). The van der Waals surface area contributed by atoms with Crippen LogP contribution >= 0.6 is 0 Å². The van der Waals surface area contributed by atoms with Gasteiger partial charge >= 0.3 is 50.7 Å². The van der Waals surface area contributed by atoms with E-state index in [4.69, 9.17) is 7.85 Å². The summed E-state index contributed by atoms with van der Waals surface area (Å²) in [5.41, 5.74) is 2.08. The molecule has 0 N–H and O–H groups in total. The van der Waals surface area contributed by atoms with Crippen LogP contribution in [0.1, 0.15) is 5.46 Å². The summed E-state index contributed by atoms with van der Waals surface area (Å²) in [4.78, 5) is 0. The molecule has 1 aromatic rings. The van der Waals surface area contributed by atoms with Crippen molar-refractivity contribution >= 4 is 20.2 Å². The maximum atomic E-state index is 5.43. The van der Waals surface area contributed by atoms with Crippen LogP contribution in [0.5, 0.6) is 0 Å². The van der Waals surface area contributed by atoms with Gasteiger partial charge in [0, 0.05) is 0 Å². The van der Waals surface area contributed by atoms with E-state index in [9.17, 15) is 0 Å². The zero-order chi connectivity index (χ0) is 5.98. The van der Waals surface area contributed by atoms with Gasteiger partial charge in [0.15, 0.2) is 0 Å². The van der Waals surface area contributed by atoms with Crippen molar-refractivity contribution < 1.29 is 0 Å². The Kier molecular flexibility index (Phi) is 1.52. The topological polar surface area (TPSA) is 0 Å². The summed E-state index contributed by atoms with van der Waals surface area (Å²) in [5.74, 6) is 1.90. The Morgan fingerprint density at radius 3 is 2.62 bits per heavy atom. The second kappa shape index (κ2) is 2.17. The quantitative estimate of drug-likeness (QED) is 0.406. The second-order valence-corrected chi connectivity index (χ2v) is 1.91. The minimum atomic E-state index is 0.829. The fourth-order valence-electron chi connectivity index (χ4n) is 0.566. The Morgan fingerprint density at radius 2 is 2.25 bits per heavy atom. The number of rotatable bonds is 0. The van der Waals surface area contributed by atoms with Crippen LogP contribution in [0, 0.1) is 6.92 Å². The predicted molar refractivity (Wildman–Crippen MR) is 37.9 cm³/mol. The van der Waals surface area contributed by atoms with E-state index in [1.165, 1.54) is 5.46 Å². The molecule has 36 valence electrons. The van der Waals surface area contributed by atoms with Gasteiger partial charge in [-0.05, 0) is 0 Å². The van der Waals surface area contributed by atoms with E-state index in [2.05, 4.69) is 0 Å². The molecule has 0 aliphatic rings. The van der Waals surface area contributed by atoms with Crippen molar-refractivity contribution in [1.29, 1.82) is 0 Å². The summed E-state index contributed by atoms with van der Waals surface area (Å²) < 4.78 is 0. The van der Waals surface area contributed by atoms with Crippen LogP contribution in [-0.4, -0.2) is 14.8 Å². The molecule has 0 unspecified atom stereocenters. The van der Waals surface area contributed by atoms with Gasteiger partial charge in [-0.15, -0.1) is 0 Å². The van der Waals surface area contributed by atoms with Gasteiger partial charge in [0.1, 0.15) is 0 Å². The van der Waals surface area contributed by atoms with E-state index < -0.39 is 0 Å². The summed E-state index contributed by atoms with van der Waals surface area (Å²) in [6.07, 6.45) is 0. The SMILES string of the molecule is [B]c1cbc(C)cc1. The Morgan fingerprint density at radius 1 is 1.50 bits per heavy atom. The Hall–Kier alpha value is -0.520. The molecule has 0 saturated carbocycles. The summed E-state index contributed by atoms with van der Waals surface area (Å²) in [6.45, 7) is 4.04. The summed E-state index contributed by atoms with van der Waals surface area (Å²) in [5, 5.41) is 0. The van der Waals surface area contributed by atoms with Gasteiger partial charge in [-0.25, -0.2) is 0 Å². The molecule has 1 heterocycles. The monoisotopic (exact) mass is 100 g/mol. The average Bonchev–Trinajstić information content (AvgIpc) is 1.77. The van der Waals surface area contributed by atoms with Gasteiger partial charge in [0.2, 0.25) is 0 Å². The molecule has 0 spiro atoms. The van der Waals surface area contributed by atoms with Crippen molar-refractivity contribution in [3.05, 3.63) is 23.6 Å². The van der Waals surface area contributed by atoms with E-state index in [1.54, 1.807) is 0 Å². The third-order valence-corrected chi connectivity index (χ3v) is 1.08. The van der Waals surface area contributed by atoms with Crippen molar-refractivity contribution in [2.24, 2.45) is 0 Å². The van der Waals surface area contributed by atoms with Gasteiger partial charge in [-0.3, -0.25) is 0 Å². The molecule has 0 bridgehead atoms. The maximum absolute atomic E-state index is 5.43. The normalized spacial score (nSPS) is 8.62. The molecule has 2 radical (unpaired) electrons. The molecule has 8 heavy (non-hydrogen) atoms. The number of hydrogen-bond acceptors (Lipinski definition) is 0. The first-order chi connectivity index (χ1) is 3.79. The van der Waals surface area contributed by atoms with Crippen molar-refractivity contribution in [2.75, 3.05) is 0 Å². The van der Waals surface area contributed by atoms with Crippen LogP contribution in [0.3, 0.4) is 0 Å². The van der Waals surface area contributed by atoms with Gasteiger partial charge in [0.05, 0.1) is 0 Å². The van der Waals surface area contributed by atoms with Crippen molar-refractivity contribution in [1.82, 2.24) is 0 Å². The molecule has 0 nitrogen and oxygen atoms in total. The minimum absolute atomic E-state index is 0.829. The van der Waals surface area contributed by atoms with E-state index in [1.807, 2.05) is 31.9 Å². The molecular formula is C6H6B2. The third kappa shape index (κ3) is 1.22. The fraction of sp³-hybridized carbons (Fsp3) is 0.167. The van der Waals surface area contributed by atoms with Gasteiger partial charge in [-0.2, -0.15) is 0 Å². The molecule has 0 fully saturated rings. The third-order valence-electron chi connectivity index (χ3n) is 1.08. The van der Waals surface area contributed by atoms with Crippen LogP contribution in [0.2, 0.25) is 0 Å². The first-order valence-electron chi connectivity index (χ1n) is 2.61. The second-order valence-electron chi connectivity index (χ2n) is 1.91. The molecule has 0 saturated heterocycles. The molecule has 0 aromatic carbocycles. The van der Waals surface area contributed by atoms with E-state index in [0.717, 1.165) is 5.46 Å². The number of hydrogen-bond donors (Lipinski definition) is 0. The van der Waals surface area contributed by atoms with E-state index >= 15 is 0 Å². The van der Waals surface area contributed by atoms with Crippen molar-refractivity contribution in [2.45, 2.75) is 6.92 Å². The Labute approximate surface area is 51.5 Å². The fourth-order valence-corrected chi connectivity index (χ4v) is 0.566. The summed E-state index contributed by atoms with van der Waals surface area (Å²) >= 11 is 0. The van der Waals surface area contributed by atoms with Crippen LogP contribution in [0.15, 0.2) is 18.1 Å². The Bertz CT molecular complexity index is 145. The molecule has 2 heteroatoms. The summed E-state index contributed by atoms with van der Waals surface area (Å²) in [6, 6.07) is 3.89. The Balaban J connectivity index is 3.03. The van der Waals surface area contributed by atoms with Crippen molar-refractivity contribution in [3.8, 4) is 0 Å². The summed E-state index contributed by atoms with van der Waals surface area (Å²) in [7, 11) is 5.43. The molecule has 0 aliphatic carbocycles. The van der Waals surface area contributed by atoms with E-state index in [-0.39, 0.29) is 0 Å².